The maximum Gasteiger partial charge on any atom is 0.289 e. The number of halogens is 1. The number of hydrogen-bond acceptors (Lipinski definition) is 5. The molecule has 37 heavy (non-hydrogen) atoms. The molecule has 9 nitrogen and oxygen atoms in total. The highest BCUT2D eigenvalue weighted by molar-refractivity contribution is 5.98. The summed E-state index contributed by atoms with van der Waals surface area (Å²) in [6, 6.07) is 6.20. The first-order valence-corrected chi connectivity index (χ1v) is 12.9. The standard InChI is InChI=1S/C27H34FN5O4/c1-4-30(5-2)10-9-29-26(35)20-18-31(6-3)22-17-23(21(28)16-19(22)25(20)34)32-11-13-33(14-12-32)27(36)24-8-7-15-37-24/h7-8,15-18H,4-6,9-14H2,1-3H3,(H,29,35)/p+1. The Hall–Kier alpha value is -3.66. The molecule has 0 saturated carbocycles. The third kappa shape index (κ3) is 5.53. The lowest BCUT2D eigenvalue weighted by molar-refractivity contribution is -0.895. The Morgan fingerprint density at radius 1 is 1.11 bits per heavy atom. The lowest BCUT2D eigenvalue weighted by atomic mass is 10.1. The van der Waals surface area contributed by atoms with E-state index in [-0.39, 0.29) is 22.6 Å². The molecule has 2 aromatic heterocycles. The van der Waals surface area contributed by atoms with E-state index in [1.807, 2.05) is 11.8 Å². The largest absolute Gasteiger partial charge is 0.459 e. The van der Waals surface area contributed by atoms with Gasteiger partial charge >= 0.3 is 0 Å². The SMILES string of the molecule is CCn1cc(C(=O)NCC[NH+](CC)CC)c(=O)c2cc(F)c(N3CCN(C(=O)c4ccco4)CC3)cc21. The van der Waals surface area contributed by atoms with E-state index in [0.717, 1.165) is 19.6 Å². The van der Waals surface area contributed by atoms with E-state index in [2.05, 4.69) is 19.2 Å². The number of carbonyl (C=O) groups is 2. The summed E-state index contributed by atoms with van der Waals surface area (Å²) in [5.74, 6) is -0.873. The molecular formula is C27H35FN5O4+. The van der Waals surface area contributed by atoms with Crippen molar-refractivity contribution in [3.05, 3.63) is 64.1 Å². The zero-order valence-electron chi connectivity index (χ0n) is 21.7. The van der Waals surface area contributed by atoms with Gasteiger partial charge in [-0.05, 0) is 45.0 Å². The predicted octanol–water partition coefficient (Wildman–Crippen LogP) is 1.37. The van der Waals surface area contributed by atoms with Crippen molar-refractivity contribution in [2.75, 3.05) is 57.3 Å². The molecule has 0 aliphatic carbocycles. The third-order valence-electron chi connectivity index (χ3n) is 7.14. The number of carbonyl (C=O) groups excluding carboxylic acids is 2. The van der Waals surface area contributed by atoms with Crippen LogP contribution in [-0.2, 0) is 6.54 Å². The van der Waals surface area contributed by atoms with Crippen molar-refractivity contribution in [3.63, 3.8) is 0 Å². The summed E-state index contributed by atoms with van der Waals surface area (Å²) >= 11 is 0. The van der Waals surface area contributed by atoms with Gasteiger partial charge in [0.15, 0.2) is 5.76 Å². The van der Waals surface area contributed by atoms with Crippen molar-refractivity contribution in [1.29, 1.82) is 0 Å². The number of quaternary nitrogens is 1. The molecule has 2 amide bonds. The van der Waals surface area contributed by atoms with E-state index >= 15 is 4.39 Å². The molecule has 3 heterocycles. The Morgan fingerprint density at radius 3 is 2.46 bits per heavy atom. The second kappa shape index (κ2) is 11.6. The minimum Gasteiger partial charge on any atom is -0.459 e. The Labute approximate surface area is 215 Å². The summed E-state index contributed by atoms with van der Waals surface area (Å²) in [5.41, 5.74) is 0.480. The average molecular weight is 513 g/mol. The Morgan fingerprint density at radius 2 is 1.84 bits per heavy atom. The number of piperazine rings is 1. The summed E-state index contributed by atoms with van der Waals surface area (Å²) < 4.78 is 22.3. The summed E-state index contributed by atoms with van der Waals surface area (Å²) in [6.07, 6.45) is 3.02. The molecule has 198 valence electrons. The van der Waals surface area contributed by atoms with E-state index < -0.39 is 17.2 Å². The smallest absolute Gasteiger partial charge is 0.289 e. The van der Waals surface area contributed by atoms with Gasteiger partial charge in [0.05, 0.1) is 43.6 Å². The van der Waals surface area contributed by atoms with Gasteiger partial charge in [0, 0.05) is 44.3 Å². The van der Waals surface area contributed by atoms with Crippen molar-refractivity contribution in [2.45, 2.75) is 27.3 Å². The van der Waals surface area contributed by atoms with Crippen LogP contribution in [-0.4, -0.2) is 73.6 Å². The lowest BCUT2D eigenvalue weighted by Gasteiger charge is -2.36. The molecule has 0 radical (unpaired) electrons. The molecule has 1 aliphatic heterocycles. The van der Waals surface area contributed by atoms with E-state index in [1.165, 1.54) is 17.2 Å². The molecule has 0 bridgehead atoms. The highest BCUT2D eigenvalue weighted by Crippen LogP contribution is 2.26. The molecule has 1 aromatic carbocycles. The van der Waals surface area contributed by atoms with Crippen molar-refractivity contribution in [3.8, 4) is 0 Å². The maximum absolute atomic E-state index is 15.3. The second-order valence-corrected chi connectivity index (χ2v) is 9.20. The fraction of sp³-hybridized carbons (Fsp3) is 0.444. The van der Waals surface area contributed by atoms with Gasteiger partial charge in [-0.2, -0.15) is 0 Å². The zero-order chi connectivity index (χ0) is 26.5. The molecule has 3 aromatic rings. The number of hydrogen-bond donors (Lipinski definition) is 2. The highest BCUT2D eigenvalue weighted by Gasteiger charge is 2.26. The van der Waals surface area contributed by atoms with Gasteiger partial charge < -0.3 is 29.0 Å². The quantitative estimate of drug-likeness (QED) is 0.452. The number of pyridine rings is 1. The fourth-order valence-corrected chi connectivity index (χ4v) is 4.82. The number of nitrogens with zero attached hydrogens (tertiary/aromatic N) is 3. The number of likely N-dealkylation sites (N-methyl/N-ethyl adjacent to an activating group) is 1. The van der Waals surface area contributed by atoms with Gasteiger partial charge in [0.25, 0.3) is 11.8 Å². The van der Waals surface area contributed by atoms with E-state index in [9.17, 15) is 14.4 Å². The first kappa shape index (κ1) is 26.4. The first-order valence-electron chi connectivity index (χ1n) is 12.9. The van der Waals surface area contributed by atoms with Crippen LogP contribution in [0.15, 0.2) is 45.9 Å². The number of anilines is 1. The number of nitrogens with one attached hydrogen (secondary N) is 2. The number of amides is 2. The van der Waals surface area contributed by atoms with Gasteiger partial charge in [-0.15, -0.1) is 0 Å². The molecule has 2 N–H and O–H groups in total. The molecule has 1 saturated heterocycles. The second-order valence-electron chi connectivity index (χ2n) is 9.20. The Bertz CT molecular complexity index is 1310. The highest BCUT2D eigenvalue weighted by atomic mass is 19.1. The number of benzene rings is 1. The number of aryl methyl sites for hydroxylation is 1. The average Bonchev–Trinajstić information content (AvgIpc) is 3.46. The number of fused-ring (bicyclic) bond motifs is 1. The van der Waals surface area contributed by atoms with Crippen LogP contribution in [0.1, 0.15) is 41.7 Å². The summed E-state index contributed by atoms with van der Waals surface area (Å²) in [7, 11) is 0. The molecule has 1 aliphatic rings. The van der Waals surface area contributed by atoms with Crippen LogP contribution in [0.3, 0.4) is 0 Å². The monoisotopic (exact) mass is 512 g/mol. The van der Waals surface area contributed by atoms with E-state index in [1.54, 1.807) is 33.9 Å². The van der Waals surface area contributed by atoms with Gasteiger partial charge in [-0.1, -0.05) is 0 Å². The molecular weight excluding hydrogens is 477 g/mol. The number of aromatic nitrogens is 1. The van der Waals surface area contributed by atoms with Gasteiger partial charge in [-0.3, -0.25) is 14.4 Å². The van der Waals surface area contributed by atoms with Crippen molar-refractivity contribution in [2.24, 2.45) is 0 Å². The summed E-state index contributed by atoms with van der Waals surface area (Å²) in [6.45, 7) is 11.5. The normalized spacial score (nSPS) is 14.0. The van der Waals surface area contributed by atoms with Crippen LogP contribution < -0.4 is 20.5 Å². The van der Waals surface area contributed by atoms with E-state index in [0.29, 0.717) is 50.5 Å². The maximum atomic E-state index is 15.3. The first-order chi connectivity index (χ1) is 17.9. The van der Waals surface area contributed by atoms with Gasteiger partial charge in [0.2, 0.25) is 5.43 Å². The molecule has 4 rings (SSSR count). The fourth-order valence-electron chi connectivity index (χ4n) is 4.82. The van der Waals surface area contributed by atoms with Crippen LogP contribution in [0.25, 0.3) is 10.9 Å². The van der Waals surface area contributed by atoms with Crippen LogP contribution >= 0.6 is 0 Å². The molecule has 0 spiro atoms. The van der Waals surface area contributed by atoms with Crippen molar-refractivity contribution in [1.82, 2.24) is 14.8 Å². The zero-order valence-corrected chi connectivity index (χ0v) is 21.7. The molecule has 0 unspecified atom stereocenters. The summed E-state index contributed by atoms with van der Waals surface area (Å²) in [4.78, 5) is 43.5. The van der Waals surface area contributed by atoms with E-state index in [4.69, 9.17) is 4.42 Å². The molecule has 0 atom stereocenters. The number of rotatable bonds is 9. The van der Waals surface area contributed by atoms with Gasteiger partial charge in [0.1, 0.15) is 11.4 Å². The molecule has 1 fully saturated rings. The van der Waals surface area contributed by atoms with Crippen LogP contribution in [0.5, 0.6) is 0 Å². The topological polar surface area (TPSA) is 92.2 Å². The van der Waals surface area contributed by atoms with Gasteiger partial charge in [-0.25, -0.2) is 4.39 Å². The van der Waals surface area contributed by atoms with Crippen LogP contribution in [0, 0.1) is 5.82 Å². The van der Waals surface area contributed by atoms with Crippen molar-refractivity contribution >= 4 is 28.4 Å². The minimum absolute atomic E-state index is 0.0149. The molecule has 10 heteroatoms. The predicted molar refractivity (Wildman–Crippen MR) is 140 cm³/mol. The van der Waals surface area contributed by atoms with Crippen LogP contribution in [0.4, 0.5) is 10.1 Å². The Balaban J connectivity index is 1.55. The van der Waals surface area contributed by atoms with Crippen LogP contribution in [0.2, 0.25) is 0 Å². The number of furan rings is 1. The Kier molecular flexibility index (Phi) is 8.27. The lowest BCUT2D eigenvalue weighted by Crippen LogP contribution is -3.12. The minimum atomic E-state index is -0.527. The third-order valence-corrected chi connectivity index (χ3v) is 7.14. The summed E-state index contributed by atoms with van der Waals surface area (Å²) in [5, 5.41) is 3.02. The van der Waals surface area contributed by atoms with Crippen molar-refractivity contribution < 1.29 is 23.3 Å².